The van der Waals surface area contributed by atoms with Crippen LogP contribution in [0, 0.1) is 20.9 Å². The standard InChI is InChI=1S/C7H8Si.C5H5.2CH3.2BrH.Ti/c1-8-7-5-3-2-4-6-7;1-2-4-5-3-1;;;;;/h2-6H,1H3;1-3H,4H2;2*1H3;2*1H;/q;3*-1;;;. The van der Waals surface area contributed by atoms with Gasteiger partial charge in [-0.3, -0.25) is 6.08 Å². The molecule has 0 fully saturated rings. The second kappa shape index (κ2) is 17.6. The minimum atomic E-state index is -0.212. The van der Waals surface area contributed by atoms with Crippen molar-refractivity contribution in [2.45, 2.75) is 13.0 Å². The average molecular weight is 425 g/mol. The van der Waals surface area contributed by atoms with Crippen molar-refractivity contribution in [1.82, 2.24) is 0 Å². The molecule has 1 aromatic carbocycles. The summed E-state index contributed by atoms with van der Waals surface area (Å²) in [7, 11) is 0. The third kappa shape index (κ3) is 13.0. The fourth-order valence-electron chi connectivity index (χ4n) is 1.03. The van der Waals surface area contributed by atoms with Gasteiger partial charge >= 0.3 is 67.4 Å². The van der Waals surface area contributed by atoms with Crippen LogP contribution in [-0.4, -0.2) is 6.19 Å². The first kappa shape index (κ1) is 27.0. The summed E-state index contributed by atoms with van der Waals surface area (Å²) >= 11 is 2.31. The van der Waals surface area contributed by atoms with Crippen LogP contribution < -0.4 is 5.19 Å². The van der Waals surface area contributed by atoms with Crippen LogP contribution in [0.1, 0.15) is 6.42 Å². The van der Waals surface area contributed by atoms with E-state index in [1.54, 1.807) is 0 Å². The van der Waals surface area contributed by atoms with Gasteiger partial charge in [-0.05, 0) is 0 Å². The third-order valence-electron chi connectivity index (χ3n) is 1.79. The number of rotatable bonds is 1. The molecular weight excluding hydrogens is 404 g/mol. The quantitative estimate of drug-likeness (QED) is 0.462. The number of allylic oxidation sites excluding steroid dienone is 4. The van der Waals surface area contributed by atoms with Gasteiger partial charge in [0.15, 0.2) is 0 Å². The van der Waals surface area contributed by atoms with Crippen molar-refractivity contribution in [2.75, 3.05) is 0 Å². The van der Waals surface area contributed by atoms with Gasteiger partial charge in [-0.2, -0.15) is 6.08 Å². The van der Waals surface area contributed by atoms with E-state index in [1.807, 2.05) is 12.2 Å². The Labute approximate surface area is 146 Å². The number of benzene rings is 1. The predicted octanol–water partition coefficient (Wildman–Crippen LogP) is 4.42. The van der Waals surface area contributed by atoms with E-state index in [4.69, 9.17) is 0 Å². The van der Waals surface area contributed by atoms with Crippen molar-refractivity contribution in [3.05, 3.63) is 69.5 Å². The molecule has 2 rings (SSSR count). The van der Waals surface area contributed by atoms with Crippen LogP contribution in [0.15, 0.2) is 48.6 Å². The van der Waals surface area contributed by atoms with Crippen LogP contribution in [-0.2, 0) is 19.2 Å². The Morgan fingerprint density at radius 1 is 1.11 bits per heavy atom. The molecule has 0 aliphatic heterocycles. The second-order valence-corrected chi connectivity index (χ2v) is 8.33. The molecule has 0 N–H and O–H groups in total. The van der Waals surface area contributed by atoms with Crippen molar-refractivity contribution in [1.29, 1.82) is 0 Å². The Kier molecular flexibility index (Phi) is 26.4. The van der Waals surface area contributed by atoms with Crippen LogP contribution >= 0.6 is 34.0 Å². The molecule has 0 radical (unpaired) electrons. The molecular formula is C14H21Br2SiTi-3. The fraction of sp³-hybridized carbons (Fsp3) is 0.143. The van der Waals surface area contributed by atoms with E-state index in [1.165, 1.54) is 5.19 Å². The average Bonchev–Trinajstić information content (AvgIpc) is 2.77. The molecule has 1 aliphatic rings. The minimum absolute atomic E-state index is 0. The molecule has 0 heterocycles. The van der Waals surface area contributed by atoms with Crippen LogP contribution in [0.2, 0.25) is 6.55 Å². The molecule has 1 aliphatic carbocycles. The van der Waals surface area contributed by atoms with Gasteiger partial charge in [0.25, 0.3) is 0 Å². The summed E-state index contributed by atoms with van der Waals surface area (Å²) in [6, 6.07) is 10.7. The largest absolute Gasteiger partial charge is 0.358 e. The number of hydrogen-bond acceptors (Lipinski definition) is 0. The first-order valence-corrected chi connectivity index (χ1v) is 8.97. The van der Waals surface area contributed by atoms with Gasteiger partial charge in [-0.25, -0.2) is 12.2 Å². The van der Waals surface area contributed by atoms with Crippen LogP contribution in [0.3, 0.4) is 0 Å². The number of halogens is 2. The van der Waals surface area contributed by atoms with E-state index in [9.17, 15) is 0 Å². The van der Waals surface area contributed by atoms with Gasteiger partial charge in [-0.15, -0.1) is 40.4 Å². The summed E-state index contributed by atoms with van der Waals surface area (Å²) in [6.45, 7) is 2.31. The molecule has 0 saturated carbocycles. The van der Waals surface area contributed by atoms with E-state index in [2.05, 4.69) is 68.2 Å². The zero-order valence-corrected chi connectivity index (χ0v) is 17.1. The van der Waals surface area contributed by atoms with Crippen LogP contribution in [0.4, 0.5) is 0 Å². The maximum atomic E-state index is 2.99. The second-order valence-electron chi connectivity index (χ2n) is 2.99. The Morgan fingerprint density at radius 3 is 1.89 bits per heavy atom. The van der Waals surface area contributed by atoms with Crippen molar-refractivity contribution in [3.8, 4) is 0 Å². The first-order chi connectivity index (χ1) is 6.80. The summed E-state index contributed by atoms with van der Waals surface area (Å²) in [5.74, 6) is 0. The normalized spacial score (nSPS) is 9.33. The van der Waals surface area contributed by atoms with Crippen molar-refractivity contribution in [2.24, 2.45) is 0 Å². The third-order valence-corrected chi connectivity index (χ3v) is 4.34. The topological polar surface area (TPSA) is 0 Å². The van der Waals surface area contributed by atoms with E-state index in [0.29, 0.717) is 0 Å². The van der Waals surface area contributed by atoms with Gasteiger partial charge in [0.1, 0.15) is 0 Å². The van der Waals surface area contributed by atoms with Crippen molar-refractivity contribution < 1.29 is 19.2 Å². The van der Waals surface area contributed by atoms with Gasteiger partial charge in [0.2, 0.25) is 0 Å². The summed E-state index contributed by atoms with van der Waals surface area (Å²) in [4.78, 5) is 0. The van der Waals surface area contributed by atoms with Gasteiger partial charge in [0, 0.05) is 0 Å². The maximum absolute atomic E-state index is 2.99. The molecule has 0 unspecified atom stereocenters. The van der Waals surface area contributed by atoms with Crippen LogP contribution in [0.5, 0.6) is 0 Å². The number of hydrogen-bond donors (Lipinski definition) is 0. The summed E-state index contributed by atoms with van der Waals surface area (Å²) < 4.78 is 0. The molecule has 0 atom stereocenters. The van der Waals surface area contributed by atoms with E-state index < -0.39 is 0 Å². The Morgan fingerprint density at radius 2 is 1.67 bits per heavy atom. The van der Waals surface area contributed by atoms with Crippen molar-refractivity contribution in [3.63, 3.8) is 0 Å². The molecule has 0 saturated heterocycles. The molecule has 1 aromatic rings. The minimum Gasteiger partial charge on any atom is -0.358 e. The molecule has 18 heavy (non-hydrogen) atoms. The van der Waals surface area contributed by atoms with Crippen LogP contribution in [0.25, 0.3) is 0 Å². The Bertz CT molecular complexity index is 338. The molecule has 4 heteroatoms. The smallest absolute Gasteiger partial charge is 0.109 e. The maximum Gasteiger partial charge on any atom is -0.109 e. The van der Waals surface area contributed by atoms with Crippen molar-refractivity contribution >= 4 is 45.3 Å². The molecule has 0 amide bonds. The molecule has 102 valence electrons. The zero-order valence-electron chi connectivity index (χ0n) is 11.1. The summed E-state index contributed by atoms with van der Waals surface area (Å²) in [5, 5.41) is 1.52. The van der Waals surface area contributed by atoms with Gasteiger partial charge in [0.05, 0.1) is 0 Å². The van der Waals surface area contributed by atoms with Gasteiger partial charge in [-0.1, -0.05) is 0 Å². The molecule has 0 aromatic heterocycles. The Hall–Kier alpha value is 0.591. The monoisotopic (exact) mass is 423 g/mol. The zero-order chi connectivity index (χ0) is 10.2. The first-order valence-electron chi connectivity index (χ1n) is 4.63. The SMILES string of the molecule is Br.Br.C[Si](=[Ti])c1ccccc1.[C-]1=CC=CC1.[CH3-].[CH3-]. The molecule has 0 spiro atoms. The summed E-state index contributed by atoms with van der Waals surface area (Å²) in [6.07, 6.45) is 9.79. The predicted molar refractivity (Wildman–Crippen MR) is 92.7 cm³/mol. The summed E-state index contributed by atoms with van der Waals surface area (Å²) in [5.41, 5.74) is 0. The van der Waals surface area contributed by atoms with E-state index in [-0.39, 0.29) is 55.0 Å². The van der Waals surface area contributed by atoms with E-state index in [0.717, 1.165) is 6.42 Å². The molecule has 0 nitrogen and oxygen atoms in total. The van der Waals surface area contributed by atoms with E-state index >= 15 is 0 Å². The van der Waals surface area contributed by atoms with Gasteiger partial charge < -0.3 is 14.9 Å². The Balaban J connectivity index is -0.0000000969. The molecule has 0 bridgehead atoms. The fourth-order valence-corrected chi connectivity index (χ4v) is 2.50.